The first-order chi connectivity index (χ1) is 9.60. The Morgan fingerprint density at radius 1 is 1.40 bits per heavy atom. The van der Waals surface area contributed by atoms with Gasteiger partial charge in [-0.3, -0.25) is 14.5 Å². The molecule has 1 aliphatic carbocycles. The molecule has 0 aromatic carbocycles. The molecule has 2 fully saturated rings. The van der Waals surface area contributed by atoms with Crippen LogP contribution in [0.1, 0.15) is 32.6 Å². The van der Waals surface area contributed by atoms with Crippen LogP contribution < -0.4 is 5.32 Å². The first-order valence-electron chi connectivity index (χ1n) is 7.44. The number of hydrogen-bond acceptors (Lipinski definition) is 4. The number of rotatable bonds is 6. The van der Waals surface area contributed by atoms with E-state index < -0.39 is 5.97 Å². The summed E-state index contributed by atoms with van der Waals surface area (Å²) in [4.78, 5) is 24.7. The summed E-state index contributed by atoms with van der Waals surface area (Å²) in [6, 6.07) is 0.473. The van der Waals surface area contributed by atoms with Crippen molar-refractivity contribution < 1.29 is 19.4 Å². The van der Waals surface area contributed by atoms with Crippen molar-refractivity contribution in [3.05, 3.63) is 0 Å². The van der Waals surface area contributed by atoms with Gasteiger partial charge >= 0.3 is 5.97 Å². The van der Waals surface area contributed by atoms with Gasteiger partial charge in [0.15, 0.2) is 0 Å². The molecule has 2 rings (SSSR count). The van der Waals surface area contributed by atoms with E-state index in [0.29, 0.717) is 6.61 Å². The van der Waals surface area contributed by atoms with Gasteiger partial charge in [-0.1, -0.05) is 6.92 Å². The summed E-state index contributed by atoms with van der Waals surface area (Å²) in [5.74, 6) is -0.711. The third kappa shape index (κ3) is 3.93. The Bertz CT molecular complexity index is 349. The van der Waals surface area contributed by atoms with E-state index in [1.165, 1.54) is 0 Å². The molecular formula is C14H24N2O4. The molecule has 6 nitrogen and oxygen atoms in total. The monoisotopic (exact) mass is 284 g/mol. The number of amides is 1. The van der Waals surface area contributed by atoms with Gasteiger partial charge in [-0.05, 0) is 32.2 Å². The van der Waals surface area contributed by atoms with E-state index in [0.717, 1.165) is 38.8 Å². The number of aliphatic carboxylic acids is 1. The number of ether oxygens (including phenoxy) is 1. The lowest BCUT2D eigenvalue weighted by Crippen LogP contribution is -2.56. The van der Waals surface area contributed by atoms with Crippen molar-refractivity contribution in [1.82, 2.24) is 10.2 Å². The van der Waals surface area contributed by atoms with E-state index in [1.54, 1.807) is 0 Å². The van der Waals surface area contributed by atoms with Gasteiger partial charge in [0, 0.05) is 18.7 Å². The van der Waals surface area contributed by atoms with E-state index in [2.05, 4.69) is 5.32 Å². The molecule has 1 heterocycles. The van der Waals surface area contributed by atoms with Crippen LogP contribution in [0.5, 0.6) is 0 Å². The lowest BCUT2D eigenvalue weighted by atomic mass is 9.84. The zero-order valence-electron chi connectivity index (χ0n) is 12.0. The molecule has 1 saturated carbocycles. The maximum absolute atomic E-state index is 12.0. The molecule has 6 heteroatoms. The Hall–Kier alpha value is -1.14. The fraction of sp³-hybridized carbons (Fsp3) is 0.857. The summed E-state index contributed by atoms with van der Waals surface area (Å²) in [5.41, 5.74) is 0. The third-order valence-electron chi connectivity index (χ3n) is 4.25. The van der Waals surface area contributed by atoms with Gasteiger partial charge in [-0.2, -0.15) is 0 Å². The molecular weight excluding hydrogens is 260 g/mol. The van der Waals surface area contributed by atoms with Gasteiger partial charge < -0.3 is 15.2 Å². The lowest BCUT2D eigenvalue weighted by molar-refractivity contribution is -0.140. The van der Waals surface area contributed by atoms with E-state index in [-0.39, 0.29) is 30.5 Å². The molecule has 1 atom stereocenters. The van der Waals surface area contributed by atoms with Gasteiger partial charge in [0.25, 0.3) is 0 Å². The molecule has 20 heavy (non-hydrogen) atoms. The molecule has 2 aliphatic rings. The van der Waals surface area contributed by atoms with Crippen LogP contribution in [0.25, 0.3) is 0 Å². The SMILES string of the molecule is CCN(CC(=O)O)C1CC(NC(=O)[C@H]2CCCOC2)C1. The third-order valence-corrected chi connectivity index (χ3v) is 4.25. The number of carboxylic acid groups (broad SMARTS) is 1. The molecule has 0 spiro atoms. The molecule has 0 aromatic rings. The molecule has 114 valence electrons. The number of nitrogens with zero attached hydrogens (tertiary/aromatic N) is 1. The van der Waals surface area contributed by atoms with Crippen molar-refractivity contribution in [2.45, 2.75) is 44.7 Å². The minimum atomic E-state index is -0.793. The maximum atomic E-state index is 12.0. The van der Waals surface area contributed by atoms with E-state index >= 15 is 0 Å². The van der Waals surface area contributed by atoms with E-state index in [4.69, 9.17) is 9.84 Å². The standard InChI is InChI=1S/C14H24N2O4/c1-2-16(8-13(17)18)12-6-11(7-12)15-14(19)10-4-3-5-20-9-10/h10-12H,2-9H2,1H3,(H,15,19)(H,17,18)/t10-,11?,12?/m0/s1. The van der Waals surface area contributed by atoms with Crippen LogP contribution >= 0.6 is 0 Å². The molecule has 0 aromatic heterocycles. The first kappa shape index (κ1) is 15.3. The summed E-state index contributed by atoms with van der Waals surface area (Å²) >= 11 is 0. The van der Waals surface area contributed by atoms with Crippen molar-refractivity contribution in [1.29, 1.82) is 0 Å². The van der Waals surface area contributed by atoms with E-state index in [1.807, 2.05) is 11.8 Å². The summed E-state index contributed by atoms with van der Waals surface area (Å²) in [6.45, 7) is 4.07. The first-order valence-corrected chi connectivity index (χ1v) is 7.44. The quantitative estimate of drug-likeness (QED) is 0.741. The highest BCUT2D eigenvalue weighted by molar-refractivity contribution is 5.79. The van der Waals surface area contributed by atoms with Crippen molar-refractivity contribution in [2.75, 3.05) is 26.3 Å². The summed E-state index contributed by atoms with van der Waals surface area (Å²) < 4.78 is 5.32. The molecule has 2 N–H and O–H groups in total. The van der Waals surface area contributed by atoms with Crippen LogP contribution in [0.15, 0.2) is 0 Å². The Balaban J connectivity index is 1.70. The Kier molecular flexibility index (Phi) is 5.37. The highest BCUT2D eigenvalue weighted by atomic mass is 16.5. The molecule has 0 radical (unpaired) electrons. The van der Waals surface area contributed by atoms with E-state index in [9.17, 15) is 9.59 Å². The lowest BCUT2D eigenvalue weighted by Gasteiger charge is -2.42. The number of likely N-dealkylation sites (N-methyl/N-ethyl adjacent to an activating group) is 1. The average Bonchev–Trinajstić information content (AvgIpc) is 2.40. The minimum Gasteiger partial charge on any atom is -0.480 e. The summed E-state index contributed by atoms with van der Waals surface area (Å²) in [5, 5.41) is 11.9. The van der Waals surface area contributed by atoms with Gasteiger partial charge in [0.2, 0.25) is 5.91 Å². The fourth-order valence-electron chi connectivity index (χ4n) is 2.94. The van der Waals surface area contributed by atoms with Crippen molar-refractivity contribution >= 4 is 11.9 Å². The smallest absolute Gasteiger partial charge is 0.317 e. The van der Waals surface area contributed by atoms with Crippen molar-refractivity contribution in [2.24, 2.45) is 5.92 Å². The van der Waals surface area contributed by atoms with Crippen LogP contribution in [0.4, 0.5) is 0 Å². The second-order valence-corrected chi connectivity index (χ2v) is 5.70. The van der Waals surface area contributed by atoms with Crippen LogP contribution in [0.3, 0.4) is 0 Å². The zero-order valence-corrected chi connectivity index (χ0v) is 12.0. The topological polar surface area (TPSA) is 78.9 Å². The Labute approximate surface area is 119 Å². The average molecular weight is 284 g/mol. The van der Waals surface area contributed by atoms with Crippen LogP contribution in [0.2, 0.25) is 0 Å². The second kappa shape index (κ2) is 7.04. The Morgan fingerprint density at radius 2 is 2.15 bits per heavy atom. The van der Waals surface area contributed by atoms with Gasteiger partial charge in [-0.25, -0.2) is 0 Å². The number of carbonyl (C=O) groups is 2. The van der Waals surface area contributed by atoms with Gasteiger partial charge in [0.05, 0.1) is 19.1 Å². The summed E-state index contributed by atoms with van der Waals surface area (Å²) in [7, 11) is 0. The molecule has 1 saturated heterocycles. The van der Waals surface area contributed by atoms with Crippen LogP contribution in [-0.2, 0) is 14.3 Å². The summed E-state index contributed by atoms with van der Waals surface area (Å²) in [6.07, 6.45) is 3.55. The van der Waals surface area contributed by atoms with Gasteiger partial charge in [0.1, 0.15) is 0 Å². The molecule has 0 bridgehead atoms. The van der Waals surface area contributed by atoms with Crippen LogP contribution in [-0.4, -0.2) is 60.3 Å². The molecule has 1 aliphatic heterocycles. The van der Waals surface area contributed by atoms with Crippen molar-refractivity contribution in [3.63, 3.8) is 0 Å². The molecule has 1 amide bonds. The number of carboxylic acids is 1. The molecule has 0 unspecified atom stereocenters. The Morgan fingerprint density at radius 3 is 2.70 bits per heavy atom. The number of nitrogens with one attached hydrogen (secondary N) is 1. The van der Waals surface area contributed by atoms with Crippen LogP contribution in [0, 0.1) is 5.92 Å². The van der Waals surface area contributed by atoms with Crippen molar-refractivity contribution in [3.8, 4) is 0 Å². The predicted molar refractivity (Wildman–Crippen MR) is 73.4 cm³/mol. The number of hydrogen-bond donors (Lipinski definition) is 2. The fourth-order valence-corrected chi connectivity index (χ4v) is 2.94. The highest BCUT2D eigenvalue weighted by Gasteiger charge is 2.35. The highest BCUT2D eigenvalue weighted by Crippen LogP contribution is 2.26. The number of carbonyl (C=O) groups excluding carboxylic acids is 1. The predicted octanol–water partition coefficient (Wildman–Crippen LogP) is 0.467. The maximum Gasteiger partial charge on any atom is 0.317 e. The minimum absolute atomic E-state index is 0.0101. The normalized spacial score (nSPS) is 29.8. The van der Waals surface area contributed by atoms with Gasteiger partial charge in [-0.15, -0.1) is 0 Å². The second-order valence-electron chi connectivity index (χ2n) is 5.70. The largest absolute Gasteiger partial charge is 0.480 e. The zero-order chi connectivity index (χ0) is 14.5.